The molecule has 1 aromatic carbocycles. The molecule has 3 atom stereocenters. The second kappa shape index (κ2) is 53.3. The summed E-state index contributed by atoms with van der Waals surface area (Å²) >= 11 is 0. The van der Waals surface area contributed by atoms with Crippen LogP contribution in [0.4, 0.5) is 10.5 Å². The predicted molar refractivity (Wildman–Crippen MR) is 299 cm³/mol. The van der Waals surface area contributed by atoms with E-state index in [1.165, 1.54) is 6.92 Å². The minimum absolute atomic E-state index is 0.0747. The summed E-state index contributed by atoms with van der Waals surface area (Å²) in [6.07, 6.45) is 2.40. The van der Waals surface area contributed by atoms with Gasteiger partial charge in [-0.1, -0.05) is 26.0 Å². The minimum atomic E-state index is -0.993. The number of primary amides is 1. The summed E-state index contributed by atoms with van der Waals surface area (Å²) < 4.78 is 65.7. The van der Waals surface area contributed by atoms with E-state index in [1.807, 2.05) is 0 Å². The first-order valence-corrected chi connectivity index (χ1v) is 28.1. The Morgan fingerprint density at radius 3 is 1.27 bits per heavy atom. The van der Waals surface area contributed by atoms with Crippen LogP contribution >= 0.6 is 0 Å². The fourth-order valence-corrected chi connectivity index (χ4v) is 6.94. The molecular weight excluding hydrogens is 1060 g/mol. The number of carbonyl (C=O) groups excluding carboxylic acids is 6. The lowest BCUT2D eigenvalue weighted by Crippen LogP contribution is -2.57. The Kier molecular flexibility index (Phi) is 48.9. The molecule has 0 aliphatic carbocycles. The fourth-order valence-electron chi connectivity index (χ4n) is 6.94. The summed E-state index contributed by atoms with van der Waals surface area (Å²) in [4.78, 5) is 74.5. The number of benzene rings is 1. The van der Waals surface area contributed by atoms with Gasteiger partial charge < -0.3 is 105 Å². The van der Waals surface area contributed by atoms with Crippen LogP contribution in [0.2, 0.25) is 0 Å². The lowest BCUT2D eigenvalue weighted by atomic mass is 10.0. The van der Waals surface area contributed by atoms with Gasteiger partial charge in [0.05, 0.1) is 171 Å². The molecular formula is C54H98N8O19. The number of urea groups is 1. The van der Waals surface area contributed by atoms with Crippen LogP contribution in [-0.4, -0.2) is 244 Å². The van der Waals surface area contributed by atoms with Crippen molar-refractivity contribution >= 4 is 41.3 Å². The summed E-state index contributed by atoms with van der Waals surface area (Å²) in [6, 6.07) is 3.34. The summed E-state index contributed by atoms with van der Waals surface area (Å²) in [6.45, 7) is 16.5. The highest BCUT2D eigenvalue weighted by Gasteiger charge is 2.30. The second-order valence-electron chi connectivity index (χ2n) is 18.3. The van der Waals surface area contributed by atoms with Crippen molar-refractivity contribution in [3.63, 3.8) is 0 Å². The monoisotopic (exact) mass is 1160 g/mol. The highest BCUT2D eigenvalue weighted by atomic mass is 16.6. The van der Waals surface area contributed by atoms with Crippen LogP contribution in [0.5, 0.6) is 0 Å². The van der Waals surface area contributed by atoms with E-state index in [-0.39, 0.29) is 56.2 Å². The molecule has 468 valence electrons. The van der Waals surface area contributed by atoms with Crippen LogP contribution in [0, 0.1) is 5.92 Å². The standard InChI is InChI=1S/C54H98N8O19/c1-43(2)50(53(68)61-48(9-7-16-59-54(55)69)52(67)60-46-12-10-45(42-63)11-13-46)62-51(66)47(56-4)8-5-6-15-58-49(65)14-18-70-20-22-72-24-26-74-28-30-76-32-34-78-36-38-80-40-41-81-39-37-79-35-33-77-31-29-75-27-25-73-23-21-71-19-17-57-44(3)64/h10-13,43,47-48,50,56,63H,5-9,14-42H2,1-4H3,(H,57,64)(H,58,65)(H,60,67)(H,61,68)(H,62,66)(H3,55,59,69)/t47-,48-,50-/m0/s1. The van der Waals surface area contributed by atoms with Crippen molar-refractivity contribution in [2.75, 3.05) is 191 Å². The van der Waals surface area contributed by atoms with Crippen molar-refractivity contribution < 1.29 is 90.7 Å². The van der Waals surface area contributed by atoms with E-state index in [0.29, 0.717) is 202 Å². The van der Waals surface area contributed by atoms with Gasteiger partial charge in [0, 0.05) is 38.7 Å². The molecule has 27 heteroatoms. The Labute approximate surface area is 478 Å². The SMILES string of the molecule is CN[C@@H](CCCCNC(=O)CCOCCOCCOCCOCCOCCOCCOCCOCCOCCOCCOCCOCCNC(C)=O)C(=O)N[C@H](C(=O)N[C@@H](CCCNC(N)=O)C(=O)Nc1ccc(CO)cc1)C(C)C. The second-order valence-corrected chi connectivity index (χ2v) is 18.3. The van der Waals surface area contributed by atoms with Crippen molar-refractivity contribution in [3.05, 3.63) is 29.8 Å². The number of carbonyl (C=O) groups is 6. The minimum Gasteiger partial charge on any atom is -0.392 e. The van der Waals surface area contributed by atoms with Crippen LogP contribution in [0.1, 0.15) is 64.9 Å². The molecule has 0 aromatic heterocycles. The Morgan fingerprint density at radius 2 is 0.877 bits per heavy atom. The van der Waals surface area contributed by atoms with Crippen LogP contribution in [0.25, 0.3) is 0 Å². The molecule has 1 rings (SSSR count). The molecule has 0 spiro atoms. The van der Waals surface area contributed by atoms with E-state index in [1.54, 1.807) is 45.2 Å². The number of aliphatic hydroxyl groups is 1. The van der Waals surface area contributed by atoms with Crippen LogP contribution in [0.3, 0.4) is 0 Å². The van der Waals surface area contributed by atoms with Crippen molar-refractivity contribution in [1.29, 1.82) is 0 Å². The van der Waals surface area contributed by atoms with E-state index in [2.05, 4.69) is 37.2 Å². The van der Waals surface area contributed by atoms with Gasteiger partial charge in [0.15, 0.2) is 0 Å². The maximum Gasteiger partial charge on any atom is 0.312 e. The van der Waals surface area contributed by atoms with Gasteiger partial charge in [-0.15, -0.1) is 0 Å². The Morgan fingerprint density at radius 1 is 0.469 bits per heavy atom. The Bertz CT molecular complexity index is 1740. The van der Waals surface area contributed by atoms with E-state index >= 15 is 0 Å². The molecule has 1 aromatic rings. The topological polar surface area (TPSA) is 344 Å². The van der Waals surface area contributed by atoms with Crippen LogP contribution in [0.15, 0.2) is 24.3 Å². The molecule has 0 radical (unpaired) electrons. The molecule has 0 aliphatic rings. The number of hydrogen-bond donors (Lipinski definition) is 9. The first kappa shape index (κ1) is 74.3. The van der Waals surface area contributed by atoms with E-state index in [0.717, 1.165) is 0 Å². The summed E-state index contributed by atoms with van der Waals surface area (Å²) in [7, 11) is 1.65. The number of likely N-dealkylation sites (N-methyl/N-ethyl adjacent to an activating group) is 1. The van der Waals surface area contributed by atoms with Crippen molar-refractivity contribution in [2.45, 2.75) is 84.0 Å². The van der Waals surface area contributed by atoms with Crippen molar-refractivity contribution in [2.24, 2.45) is 11.7 Å². The molecule has 0 unspecified atom stereocenters. The zero-order valence-electron chi connectivity index (χ0n) is 48.5. The number of nitrogens with one attached hydrogen (secondary N) is 7. The van der Waals surface area contributed by atoms with Gasteiger partial charge in [0.1, 0.15) is 12.1 Å². The normalized spacial score (nSPS) is 12.4. The van der Waals surface area contributed by atoms with E-state index in [9.17, 15) is 33.9 Å². The number of aliphatic hydroxyl groups excluding tert-OH is 1. The van der Waals surface area contributed by atoms with Gasteiger partial charge in [-0.2, -0.15) is 0 Å². The predicted octanol–water partition coefficient (Wildman–Crippen LogP) is -0.209. The lowest BCUT2D eigenvalue weighted by molar-refractivity contribution is -0.132. The van der Waals surface area contributed by atoms with Crippen LogP contribution < -0.4 is 43.0 Å². The van der Waals surface area contributed by atoms with Crippen molar-refractivity contribution in [3.8, 4) is 0 Å². The zero-order valence-corrected chi connectivity index (χ0v) is 48.5. The van der Waals surface area contributed by atoms with E-state index < -0.39 is 36.0 Å². The molecule has 7 amide bonds. The molecule has 0 saturated carbocycles. The number of anilines is 1. The lowest BCUT2D eigenvalue weighted by Gasteiger charge is -2.27. The fraction of sp³-hybridized carbons (Fsp3) is 0.778. The smallest absolute Gasteiger partial charge is 0.312 e. The highest BCUT2D eigenvalue weighted by Crippen LogP contribution is 2.13. The number of rotatable bonds is 57. The van der Waals surface area contributed by atoms with Crippen LogP contribution in [-0.2, 0) is 87.4 Å². The third-order valence-electron chi connectivity index (χ3n) is 11.3. The van der Waals surface area contributed by atoms with Gasteiger partial charge in [0.2, 0.25) is 29.5 Å². The molecule has 0 heterocycles. The average molecular weight is 1160 g/mol. The number of ether oxygens (including phenoxy) is 12. The maximum absolute atomic E-state index is 13.6. The third-order valence-corrected chi connectivity index (χ3v) is 11.3. The molecule has 0 fully saturated rings. The summed E-state index contributed by atoms with van der Waals surface area (Å²) in [5.41, 5.74) is 6.30. The number of hydrogen-bond acceptors (Lipinski definition) is 20. The van der Waals surface area contributed by atoms with Gasteiger partial charge in [-0.05, 0) is 62.8 Å². The van der Waals surface area contributed by atoms with Crippen molar-refractivity contribution in [1.82, 2.24) is 31.9 Å². The van der Waals surface area contributed by atoms with Gasteiger partial charge >= 0.3 is 6.03 Å². The number of unbranched alkanes of at least 4 members (excludes halogenated alkanes) is 1. The average Bonchev–Trinajstić information content (AvgIpc) is 3.44. The quantitative estimate of drug-likeness (QED) is 0.0381. The molecule has 27 nitrogen and oxygen atoms in total. The summed E-state index contributed by atoms with van der Waals surface area (Å²) in [5.74, 6) is -1.95. The Balaban J connectivity index is 1.97. The van der Waals surface area contributed by atoms with Gasteiger partial charge in [0.25, 0.3) is 0 Å². The molecule has 0 bridgehead atoms. The highest BCUT2D eigenvalue weighted by molar-refractivity contribution is 5.98. The molecule has 0 saturated heterocycles. The molecule has 81 heavy (non-hydrogen) atoms. The largest absolute Gasteiger partial charge is 0.392 e. The summed E-state index contributed by atoms with van der Waals surface area (Å²) in [5, 5.41) is 28.7. The van der Waals surface area contributed by atoms with Gasteiger partial charge in [-0.25, -0.2) is 4.79 Å². The maximum atomic E-state index is 13.6. The zero-order chi connectivity index (χ0) is 59.2. The molecule has 0 aliphatic heterocycles. The first-order valence-electron chi connectivity index (χ1n) is 28.1. The third kappa shape index (κ3) is 45.5. The Hall–Kier alpha value is -4.72. The molecule has 10 N–H and O–H groups in total. The first-order chi connectivity index (χ1) is 39.4. The number of amides is 7. The van der Waals surface area contributed by atoms with E-state index in [4.69, 9.17) is 62.6 Å². The van der Waals surface area contributed by atoms with Gasteiger partial charge in [-0.3, -0.25) is 24.0 Å². The number of nitrogens with two attached hydrogens (primary N) is 1.